The zero-order valence-corrected chi connectivity index (χ0v) is 18.5. The van der Waals surface area contributed by atoms with Crippen LogP contribution < -0.4 is 5.32 Å². The molecule has 5 nitrogen and oxygen atoms in total. The highest BCUT2D eigenvalue weighted by Gasteiger charge is 2.16. The lowest BCUT2D eigenvalue weighted by Crippen LogP contribution is -2.13. The van der Waals surface area contributed by atoms with Gasteiger partial charge in [-0.15, -0.1) is 0 Å². The molecule has 0 spiro atoms. The Bertz CT molecular complexity index is 1200. The summed E-state index contributed by atoms with van der Waals surface area (Å²) < 4.78 is 2.17. The Balaban J connectivity index is 1.70. The number of nitrogens with one attached hydrogen (secondary N) is 1. The van der Waals surface area contributed by atoms with Crippen LogP contribution in [0.1, 0.15) is 47.2 Å². The van der Waals surface area contributed by atoms with Crippen LogP contribution in [0.25, 0.3) is 11.2 Å². The third-order valence-corrected chi connectivity index (χ3v) is 5.53. The Morgan fingerprint density at radius 1 is 1.06 bits per heavy atom. The van der Waals surface area contributed by atoms with E-state index in [1.807, 2.05) is 55.5 Å². The molecule has 0 atom stereocenters. The van der Waals surface area contributed by atoms with Gasteiger partial charge in [0.2, 0.25) is 0 Å². The van der Waals surface area contributed by atoms with E-state index in [9.17, 15) is 4.79 Å². The first kappa shape index (κ1) is 21.1. The van der Waals surface area contributed by atoms with Crippen molar-refractivity contribution in [2.75, 3.05) is 5.32 Å². The highest BCUT2D eigenvalue weighted by atomic mass is 35.5. The molecule has 2 heterocycles. The second-order valence-corrected chi connectivity index (χ2v) is 8.06. The lowest BCUT2D eigenvalue weighted by Gasteiger charge is -2.11. The van der Waals surface area contributed by atoms with Gasteiger partial charge in [0.15, 0.2) is 5.65 Å². The van der Waals surface area contributed by atoms with Crippen molar-refractivity contribution < 1.29 is 4.79 Å². The molecule has 0 aliphatic carbocycles. The number of amides is 1. The van der Waals surface area contributed by atoms with E-state index in [1.54, 1.807) is 12.1 Å². The Kier molecular flexibility index (Phi) is 6.33. The number of aryl methyl sites for hydroxylation is 2. The molecular formula is C25H25ClN4O. The predicted octanol–water partition coefficient (Wildman–Crippen LogP) is 6.04. The van der Waals surface area contributed by atoms with Crippen molar-refractivity contribution in [2.45, 2.75) is 39.7 Å². The number of carbonyl (C=O) groups is 1. The number of imidazole rings is 1. The summed E-state index contributed by atoms with van der Waals surface area (Å²) in [7, 11) is 0. The second-order valence-electron chi connectivity index (χ2n) is 7.63. The van der Waals surface area contributed by atoms with Gasteiger partial charge in [-0.2, -0.15) is 0 Å². The summed E-state index contributed by atoms with van der Waals surface area (Å²) in [6.45, 7) is 4.76. The zero-order valence-electron chi connectivity index (χ0n) is 17.7. The van der Waals surface area contributed by atoms with Gasteiger partial charge in [0.05, 0.1) is 17.9 Å². The van der Waals surface area contributed by atoms with Crippen LogP contribution in [0, 0.1) is 6.92 Å². The van der Waals surface area contributed by atoms with E-state index in [0.29, 0.717) is 17.8 Å². The molecule has 0 unspecified atom stereocenters. The minimum atomic E-state index is -0.156. The molecular weight excluding hydrogens is 408 g/mol. The van der Waals surface area contributed by atoms with Gasteiger partial charge in [-0.25, -0.2) is 9.97 Å². The first-order valence-corrected chi connectivity index (χ1v) is 10.9. The number of aromatic nitrogens is 3. The fourth-order valence-corrected chi connectivity index (χ4v) is 3.69. The average Bonchev–Trinajstić information content (AvgIpc) is 3.10. The van der Waals surface area contributed by atoms with E-state index in [4.69, 9.17) is 21.6 Å². The third kappa shape index (κ3) is 4.78. The van der Waals surface area contributed by atoms with Crippen LogP contribution in [-0.4, -0.2) is 20.4 Å². The van der Waals surface area contributed by atoms with Crippen molar-refractivity contribution in [1.82, 2.24) is 14.5 Å². The molecule has 0 fully saturated rings. The smallest absolute Gasteiger partial charge is 0.255 e. The van der Waals surface area contributed by atoms with E-state index < -0.39 is 0 Å². The number of pyridine rings is 1. The second kappa shape index (κ2) is 9.31. The molecule has 0 saturated heterocycles. The molecule has 6 heteroatoms. The fourth-order valence-electron chi connectivity index (χ4n) is 3.56. The van der Waals surface area contributed by atoms with E-state index in [0.717, 1.165) is 52.5 Å². The number of halogens is 1. The van der Waals surface area contributed by atoms with Gasteiger partial charge < -0.3 is 9.88 Å². The van der Waals surface area contributed by atoms with Gasteiger partial charge in [0, 0.05) is 17.0 Å². The van der Waals surface area contributed by atoms with Crippen LogP contribution in [-0.2, 0) is 13.0 Å². The average molecular weight is 433 g/mol. The van der Waals surface area contributed by atoms with Gasteiger partial charge >= 0.3 is 0 Å². The summed E-state index contributed by atoms with van der Waals surface area (Å²) in [6, 6.07) is 18.9. The first-order chi connectivity index (χ1) is 15.0. The molecule has 158 valence electrons. The largest absolute Gasteiger partial charge is 0.320 e. The number of anilines is 1. The van der Waals surface area contributed by atoms with Crippen LogP contribution in [0.3, 0.4) is 0 Å². The molecule has 0 saturated carbocycles. The summed E-state index contributed by atoms with van der Waals surface area (Å²) >= 11 is 6.05. The summed E-state index contributed by atoms with van der Waals surface area (Å²) in [5.41, 5.74) is 4.81. The SMILES string of the molecule is CCCCc1nc2cc(NC(=O)c3ccccc3)c(C)nc2n1Cc1ccc(Cl)cc1. The van der Waals surface area contributed by atoms with Crippen molar-refractivity contribution in [2.24, 2.45) is 0 Å². The molecule has 1 amide bonds. The van der Waals surface area contributed by atoms with Crippen LogP contribution in [0.2, 0.25) is 5.02 Å². The number of hydrogen-bond donors (Lipinski definition) is 1. The first-order valence-electron chi connectivity index (χ1n) is 10.5. The molecule has 31 heavy (non-hydrogen) atoms. The monoisotopic (exact) mass is 432 g/mol. The standard InChI is InChI=1S/C25H25ClN4O/c1-3-4-10-23-28-22-15-21(29-25(31)19-8-6-5-7-9-19)17(2)27-24(22)30(23)16-18-11-13-20(26)14-12-18/h5-9,11-15H,3-4,10,16H2,1-2H3,(H,29,31). The topological polar surface area (TPSA) is 59.8 Å². The van der Waals surface area contributed by atoms with Crippen molar-refractivity contribution in [1.29, 1.82) is 0 Å². The number of benzene rings is 2. The summed E-state index contributed by atoms with van der Waals surface area (Å²) in [5.74, 6) is 0.849. The highest BCUT2D eigenvalue weighted by molar-refractivity contribution is 6.30. The number of fused-ring (bicyclic) bond motifs is 1. The minimum absolute atomic E-state index is 0.156. The number of unbranched alkanes of at least 4 members (excludes halogenated alkanes) is 1. The van der Waals surface area contributed by atoms with Gasteiger partial charge in [-0.1, -0.05) is 55.3 Å². The van der Waals surface area contributed by atoms with E-state index in [-0.39, 0.29) is 5.91 Å². The third-order valence-electron chi connectivity index (χ3n) is 5.28. The zero-order chi connectivity index (χ0) is 21.8. The molecule has 0 radical (unpaired) electrons. The normalized spacial score (nSPS) is 11.1. The lowest BCUT2D eigenvalue weighted by atomic mass is 10.2. The number of rotatable bonds is 7. The number of carbonyl (C=O) groups excluding carboxylic acids is 1. The maximum Gasteiger partial charge on any atom is 0.255 e. The van der Waals surface area contributed by atoms with Gasteiger partial charge in [0.25, 0.3) is 5.91 Å². The van der Waals surface area contributed by atoms with E-state index in [2.05, 4.69) is 16.8 Å². The fraction of sp³-hybridized carbons (Fsp3) is 0.240. The van der Waals surface area contributed by atoms with Crippen LogP contribution in [0.15, 0.2) is 60.7 Å². The van der Waals surface area contributed by atoms with Gasteiger partial charge in [-0.05, 0) is 49.2 Å². The summed E-state index contributed by atoms with van der Waals surface area (Å²) in [5, 5.41) is 3.70. The van der Waals surface area contributed by atoms with E-state index in [1.165, 1.54) is 0 Å². The molecule has 2 aromatic heterocycles. The Labute approximate surface area is 187 Å². The van der Waals surface area contributed by atoms with E-state index >= 15 is 0 Å². The molecule has 0 bridgehead atoms. The van der Waals surface area contributed by atoms with Crippen LogP contribution in [0.4, 0.5) is 5.69 Å². The van der Waals surface area contributed by atoms with Gasteiger partial charge in [-0.3, -0.25) is 4.79 Å². The maximum absolute atomic E-state index is 12.6. The Morgan fingerprint density at radius 3 is 2.52 bits per heavy atom. The summed E-state index contributed by atoms with van der Waals surface area (Å²) in [6.07, 6.45) is 3.03. The molecule has 0 aliphatic rings. The molecule has 0 aliphatic heterocycles. The molecule has 1 N–H and O–H groups in total. The van der Waals surface area contributed by atoms with Crippen molar-refractivity contribution in [3.8, 4) is 0 Å². The quantitative estimate of drug-likeness (QED) is 0.387. The molecule has 4 rings (SSSR count). The highest BCUT2D eigenvalue weighted by Crippen LogP contribution is 2.24. The van der Waals surface area contributed by atoms with Crippen LogP contribution in [0.5, 0.6) is 0 Å². The summed E-state index contributed by atoms with van der Waals surface area (Å²) in [4.78, 5) is 22.3. The van der Waals surface area contributed by atoms with Crippen LogP contribution >= 0.6 is 11.6 Å². The van der Waals surface area contributed by atoms with Gasteiger partial charge in [0.1, 0.15) is 11.3 Å². The predicted molar refractivity (Wildman–Crippen MR) is 126 cm³/mol. The Hall–Kier alpha value is -3.18. The Morgan fingerprint density at radius 2 is 1.81 bits per heavy atom. The maximum atomic E-state index is 12.6. The van der Waals surface area contributed by atoms with Crippen molar-refractivity contribution >= 4 is 34.4 Å². The molecule has 4 aromatic rings. The minimum Gasteiger partial charge on any atom is -0.320 e. The number of nitrogens with zero attached hydrogens (tertiary/aromatic N) is 3. The van der Waals surface area contributed by atoms with Crippen molar-refractivity contribution in [3.63, 3.8) is 0 Å². The molecule has 2 aromatic carbocycles. The van der Waals surface area contributed by atoms with Crippen molar-refractivity contribution in [3.05, 3.63) is 88.3 Å². The number of hydrogen-bond acceptors (Lipinski definition) is 3. The lowest BCUT2D eigenvalue weighted by molar-refractivity contribution is 0.102.